The third-order valence-electron chi connectivity index (χ3n) is 2.45. The summed E-state index contributed by atoms with van der Waals surface area (Å²) >= 11 is 0. The Labute approximate surface area is 110 Å². The number of hydrogen-bond acceptors (Lipinski definition) is 3. The van der Waals surface area contributed by atoms with Gasteiger partial charge in [0, 0.05) is 6.42 Å². The second-order valence-electron chi connectivity index (χ2n) is 3.90. The number of amides is 1. The predicted molar refractivity (Wildman–Crippen MR) is 66.3 cm³/mol. The van der Waals surface area contributed by atoms with Crippen LogP contribution in [0.3, 0.4) is 0 Å². The molecule has 3 N–H and O–H groups in total. The molecule has 1 amide bonds. The van der Waals surface area contributed by atoms with Gasteiger partial charge in [-0.3, -0.25) is 9.59 Å². The SMILES string of the molecule is [CH2]CC(=O)NC(C(=O)O)c1ccc(CC(=O)O)cc1. The normalized spacial score (nSPS) is 11.6. The molecule has 1 atom stereocenters. The van der Waals surface area contributed by atoms with Gasteiger partial charge in [0.05, 0.1) is 6.42 Å². The van der Waals surface area contributed by atoms with Gasteiger partial charge in [-0.05, 0) is 18.1 Å². The lowest BCUT2D eigenvalue weighted by atomic mass is 10.0. The van der Waals surface area contributed by atoms with Crippen LogP contribution in [0.15, 0.2) is 24.3 Å². The van der Waals surface area contributed by atoms with Gasteiger partial charge in [-0.15, -0.1) is 0 Å². The minimum Gasteiger partial charge on any atom is -0.481 e. The smallest absolute Gasteiger partial charge is 0.330 e. The fraction of sp³-hybridized carbons (Fsp3) is 0.231. The van der Waals surface area contributed by atoms with E-state index in [9.17, 15) is 14.4 Å². The highest BCUT2D eigenvalue weighted by atomic mass is 16.4. The Balaban J connectivity index is 2.88. The van der Waals surface area contributed by atoms with Crippen molar-refractivity contribution in [1.82, 2.24) is 5.32 Å². The van der Waals surface area contributed by atoms with Gasteiger partial charge in [0.25, 0.3) is 0 Å². The van der Waals surface area contributed by atoms with E-state index >= 15 is 0 Å². The Bertz CT molecular complexity index is 480. The molecule has 6 heteroatoms. The molecule has 1 radical (unpaired) electrons. The molecule has 1 aromatic carbocycles. The van der Waals surface area contributed by atoms with Crippen LogP contribution in [0.1, 0.15) is 23.6 Å². The first-order chi connectivity index (χ1) is 8.93. The minimum absolute atomic E-state index is 0.0547. The Morgan fingerprint density at radius 1 is 1.16 bits per heavy atom. The van der Waals surface area contributed by atoms with Crippen molar-refractivity contribution in [2.75, 3.05) is 0 Å². The second-order valence-corrected chi connectivity index (χ2v) is 3.90. The Kier molecular flexibility index (Phi) is 5.05. The highest BCUT2D eigenvalue weighted by Crippen LogP contribution is 2.15. The number of nitrogens with one attached hydrogen (secondary N) is 1. The van der Waals surface area contributed by atoms with Gasteiger partial charge in [0.15, 0.2) is 6.04 Å². The number of rotatable bonds is 6. The molecule has 0 saturated carbocycles. The maximum Gasteiger partial charge on any atom is 0.330 e. The van der Waals surface area contributed by atoms with Crippen LogP contribution in [0, 0.1) is 6.92 Å². The predicted octanol–water partition coefficient (Wildman–Crippen LogP) is 0.780. The lowest BCUT2D eigenvalue weighted by Gasteiger charge is -2.14. The molecule has 1 aromatic rings. The Morgan fingerprint density at radius 3 is 2.16 bits per heavy atom. The van der Waals surface area contributed by atoms with E-state index in [4.69, 9.17) is 10.2 Å². The average molecular weight is 264 g/mol. The first-order valence-electron chi connectivity index (χ1n) is 5.56. The monoisotopic (exact) mass is 264 g/mol. The van der Waals surface area contributed by atoms with Crippen LogP contribution in [0.5, 0.6) is 0 Å². The van der Waals surface area contributed by atoms with Crippen LogP contribution in [0.25, 0.3) is 0 Å². The number of hydrogen-bond donors (Lipinski definition) is 3. The van der Waals surface area contributed by atoms with Crippen LogP contribution in [-0.4, -0.2) is 28.1 Å². The first-order valence-corrected chi connectivity index (χ1v) is 5.56. The molecule has 101 valence electrons. The maximum atomic E-state index is 11.2. The Hall–Kier alpha value is -2.37. The van der Waals surface area contributed by atoms with E-state index in [1.807, 2.05) is 0 Å². The van der Waals surface area contributed by atoms with Crippen LogP contribution in [-0.2, 0) is 20.8 Å². The maximum absolute atomic E-state index is 11.2. The third-order valence-corrected chi connectivity index (χ3v) is 2.45. The molecule has 0 aliphatic heterocycles. The molecular formula is C13H14NO5. The quantitative estimate of drug-likeness (QED) is 0.704. The second kappa shape index (κ2) is 6.53. The fourth-order valence-corrected chi connectivity index (χ4v) is 1.52. The summed E-state index contributed by atoms with van der Waals surface area (Å²) < 4.78 is 0. The summed E-state index contributed by atoms with van der Waals surface area (Å²) in [5.41, 5.74) is 0.937. The van der Waals surface area contributed by atoms with Gasteiger partial charge in [-0.2, -0.15) is 0 Å². The van der Waals surface area contributed by atoms with E-state index in [2.05, 4.69) is 12.2 Å². The van der Waals surface area contributed by atoms with Crippen molar-refractivity contribution in [3.63, 3.8) is 0 Å². The van der Waals surface area contributed by atoms with E-state index < -0.39 is 23.9 Å². The summed E-state index contributed by atoms with van der Waals surface area (Å²) in [7, 11) is 0. The molecule has 0 saturated heterocycles. The van der Waals surface area contributed by atoms with Gasteiger partial charge in [-0.1, -0.05) is 24.3 Å². The summed E-state index contributed by atoms with van der Waals surface area (Å²) in [4.78, 5) is 32.8. The highest BCUT2D eigenvalue weighted by Gasteiger charge is 2.21. The third kappa shape index (κ3) is 4.42. The van der Waals surface area contributed by atoms with E-state index in [0.717, 1.165) is 0 Å². The van der Waals surface area contributed by atoms with E-state index in [-0.39, 0.29) is 12.8 Å². The van der Waals surface area contributed by atoms with Crippen molar-refractivity contribution in [2.24, 2.45) is 0 Å². The van der Waals surface area contributed by atoms with Crippen molar-refractivity contribution >= 4 is 17.8 Å². The summed E-state index contributed by atoms with van der Waals surface area (Å²) in [6, 6.07) is 4.86. The number of aliphatic carboxylic acids is 2. The molecule has 0 bridgehead atoms. The zero-order valence-electron chi connectivity index (χ0n) is 10.1. The van der Waals surface area contributed by atoms with Crippen LogP contribution in [0.4, 0.5) is 0 Å². The largest absolute Gasteiger partial charge is 0.481 e. The number of carbonyl (C=O) groups is 3. The number of carbonyl (C=O) groups excluding carboxylic acids is 1. The summed E-state index contributed by atoms with van der Waals surface area (Å²) in [6.45, 7) is 3.37. The zero-order chi connectivity index (χ0) is 14.4. The molecule has 0 spiro atoms. The van der Waals surface area contributed by atoms with Gasteiger partial charge in [0.1, 0.15) is 0 Å². The number of carboxylic acid groups (broad SMARTS) is 2. The molecule has 19 heavy (non-hydrogen) atoms. The highest BCUT2D eigenvalue weighted by molar-refractivity contribution is 5.84. The van der Waals surface area contributed by atoms with Gasteiger partial charge >= 0.3 is 11.9 Å². The van der Waals surface area contributed by atoms with Gasteiger partial charge in [0.2, 0.25) is 5.91 Å². The van der Waals surface area contributed by atoms with Crippen molar-refractivity contribution in [3.8, 4) is 0 Å². The lowest BCUT2D eigenvalue weighted by Crippen LogP contribution is -2.33. The van der Waals surface area contributed by atoms with Crippen molar-refractivity contribution in [2.45, 2.75) is 18.9 Å². The summed E-state index contributed by atoms with van der Waals surface area (Å²) in [5, 5.41) is 20.0. The molecule has 0 fully saturated rings. The molecule has 1 unspecified atom stereocenters. The standard InChI is InChI=1S/C13H14NO5/c1-2-10(15)14-12(13(18)19)9-5-3-8(4-6-9)7-11(16)17/h3-6,12H,1-2,7H2,(H,14,15)(H,16,17)(H,18,19). The molecule has 0 aliphatic rings. The van der Waals surface area contributed by atoms with E-state index in [0.29, 0.717) is 11.1 Å². The van der Waals surface area contributed by atoms with Crippen molar-refractivity contribution in [3.05, 3.63) is 42.3 Å². The van der Waals surface area contributed by atoms with Crippen molar-refractivity contribution < 1.29 is 24.6 Å². The summed E-state index contributed by atoms with van der Waals surface area (Å²) in [5.74, 6) is -2.62. The summed E-state index contributed by atoms with van der Waals surface area (Å²) in [6.07, 6.45) is -0.190. The number of benzene rings is 1. The molecule has 0 aliphatic carbocycles. The number of carboxylic acids is 2. The molecule has 6 nitrogen and oxygen atoms in total. The van der Waals surface area contributed by atoms with Crippen LogP contribution < -0.4 is 5.32 Å². The fourth-order valence-electron chi connectivity index (χ4n) is 1.52. The lowest BCUT2D eigenvalue weighted by molar-refractivity contribution is -0.142. The molecule has 1 rings (SSSR count). The van der Waals surface area contributed by atoms with Crippen molar-refractivity contribution in [1.29, 1.82) is 0 Å². The van der Waals surface area contributed by atoms with Gasteiger partial charge < -0.3 is 15.5 Å². The zero-order valence-corrected chi connectivity index (χ0v) is 10.1. The molecule has 0 aromatic heterocycles. The average Bonchev–Trinajstić information content (AvgIpc) is 2.35. The Morgan fingerprint density at radius 2 is 1.74 bits per heavy atom. The van der Waals surface area contributed by atoms with Crippen LogP contribution >= 0.6 is 0 Å². The van der Waals surface area contributed by atoms with E-state index in [1.165, 1.54) is 24.3 Å². The topological polar surface area (TPSA) is 104 Å². The molecule has 0 heterocycles. The van der Waals surface area contributed by atoms with Crippen LogP contribution in [0.2, 0.25) is 0 Å². The first kappa shape index (κ1) is 14.7. The minimum atomic E-state index is -1.19. The van der Waals surface area contributed by atoms with E-state index in [1.54, 1.807) is 0 Å². The van der Waals surface area contributed by atoms with Gasteiger partial charge in [-0.25, -0.2) is 4.79 Å². The molecular weight excluding hydrogens is 250 g/mol.